The summed E-state index contributed by atoms with van der Waals surface area (Å²) in [4.78, 5) is 13.4. The van der Waals surface area contributed by atoms with E-state index in [4.69, 9.17) is 0 Å². The molecule has 4 heteroatoms. The molecule has 1 saturated heterocycles. The predicted octanol–water partition coefficient (Wildman–Crippen LogP) is -0.0541. The first-order valence-corrected chi connectivity index (χ1v) is 4.83. The first-order chi connectivity index (χ1) is 6.71. The van der Waals surface area contributed by atoms with E-state index in [1.807, 2.05) is 0 Å². The van der Waals surface area contributed by atoms with Crippen molar-refractivity contribution in [2.24, 2.45) is 0 Å². The van der Waals surface area contributed by atoms with Gasteiger partial charge >= 0.3 is 0 Å². The summed E-state index contributed by atoms with van der Waals surface area (Å²) in [5, 5.41) is 13.4. The normalized spacial score (nSPS) is 27.5. The number of hydrogen-bond donors (Lipinski definition) is 3. The molecule has 0 aliphatic carbocycles. The van der Waals surface area contributed by atoms with Crippen molar-refractivity contribution in [3.05, 3.63) is 34.2 Å². The van der Waals surface area contributed by atoms with Gasteiger partial charge in [0.25, 0.3) is 0 Å². The van der Waals surface area contributed by atoms with Crippen LogP contribution in [0.1, 0.15) is 18.4 Å². The average molecular weight is 194 g/mol. The summed E-state index contributed by atoms with van der Waals surface area (Å²) in [5.41, 5.74) is -0.173. The van der Waals surface area contributed by atoms with Crippen molar-refractivity contribution in [3.8, 4) is 0 Å². The lowest BCUT2D eigenvalue weighted by atomic mass is 9.88. The van der Waals surface area contributed by atoms with Crippen LogP contribution in [0.5, 0.6) is 0 Å². The summed E-state index contributed by atoms with van der Waals surface area (Å²) >= 11 is 0. The molecule has 0 radical (unpaired) electrons. The van der Waals surface area contributed by atoms with Gasteiger partial charge in [-0.15, -0.1) is 0 Å². The molecule has 1 aliphatic rings. The number of piperidine rings is 1. The van der Waals surface area contributed by atoms with Gasteiger partial charge in [0.2, 0.25) is 5.56 Å². The first-order valence-electron chi connectivity index (χ1n) is 4.83. The van der Waals surface area contributed by atoms with Gasteiger partial charge in [-0.1, -0.05) is 0 Å². The second-order valence-corrected chi connectivity index (χ2v) is 3.75. The number of aromatic nitrogens is 1. The van der Waals surface area contributed by atoms with E-state index in [2.05, 4.69) is 10.3 Å². The Bertz CT molecular complexity index is 346. The van der Waals surface area contributed by atoms with E-state index >= 15 is 0 Å². The van der Waals surface area contributed by atoms with Crippen LogP contribution in [0.3, 0.4) is 0 Å². The third-order valence-corrected chi connectivity index (χ3v) is 2.68. The zero-order valence-corrected chi connectivity index (χ0v) is 7.92. The lowest BCUT2D eigenvalue weighted by Gasteiger charge is -2.32. The van der Waals surface area contributed by atoms with Crippen molar-refractivity contribution < 1.29 is 5.11 Å². The highest BCUT2D eigenvalue weighted by Gasteiger charge is 2.30. The second-order valence-electron chi connectivity index (χ2n) is 3.75. The fourth-order valence-electron chi connectivity index (χ4n) is 1.84. The topological polar surface area (TPSA) is 65.1 Å². The number of nitrogens with one attached hydrogen (secondary N) is 2. The molecule has 14 heavy (non-hydrogen) atoms. The van der Waals surface area contributed by atoms with Gasteiger partial charge in [-0.05, 0) is 25.5 Å². The van der Waals surface area contributed by atoms with Crippen molar-refractivity contribution in [2.45, 2.75) is 18.4 Å². The standard InChI is InChI=1S/C10H14N2O2/c13-9-3-2-8(6-12-9)10(14)4-1-5-11-7-10/h2-3,6,11,14H,1,4-5,7H2,(H,12,13). The molecule has 2 heterocycles. The van der Waals surface area contributed by atoms with Gasteiger partial charge in [0.15, 0.2) is 0 Å². The van der Waals surface area contributed by atoms with E-state index in [0.29, 0.717) is 6.54 Å². The number of aromatic amines is 1. The highest BCUT2D eigenvalue weighted by atomic mass is 16.3. The van der Waals surface area contributed by atoms with Crippen molar-refractivity contribution in [3.63, 3.8) is 0 Å². The maximum atomic E-state index is 10.9. The number of H-pyrrole nitrogens is 1. The fraction of sp³-hybridized carbons (Fsp3) is 0.500. The Morgan fingerprint density at radius 1 is 1.43 bits per heavy atom. The van der Waals surface area contributed by atoms with Crippen molar-refractivity contribution in [1.29, 1.82) is 0 Å². The Hall–Kier alpha value is -1.13. The van der Waals surface area contributed by atoms with E-state index in [0.717, 1.165) is 24.9 Å². The lowest BCUT2D eigenvalue weighted by Crippen LogP contribution is -2.43. The molecule has 1 atom stereocenters. The molecule has 1 fully saturated rings. The van der Waals surface area contributed by atoms with Crippen LogP contribution in [0.25, 0.3) is 0 Å². The van der Waals surface area contributed by atoms with Crippen molar-refractivity contribution in [2.75, 3.05) is 13.1 Å². The van der Waals surface area contributed by atoms with E-state index in [-0.39, 0.29) is 5.56 Å². The highest BCUT2D eigenvalue weighted by molar-refractivity contribution is 5.19. The Morgan fingerprint density at radius 2 is 2.29 bits per heavy atom. The molecule has 0 spiro atoms. The zero-order chi connectivity index (χ0) is 10.0. The molecule has 76 valence electrons. The molecule has 1 aromatic rings. The smallest absolute Gasteiger partial charge is 0.247 e. The summed E-state index contributed by atoms with van der Waals surface area (Å²) < 4.78 is 0. The van der Waals surface area contributed by atoms with Crippen LogP contribution >= 0.6 is 0 Å². The van der Waals surface area contributed by atoms with E-state index in [1.165, 1.54) is 6.07 Å². The third-order valence-electron chi connectivity index (χ3n) is 2.68. The van der Waals surface area contributed by atoms with Gasteiger partial charge < -0.3 is 15.4 Å². The van der Waals surface area contributed by atoms with Gasteiger partial charge in [-0.2, -0.15) is 0 Å². The maximum Gasteiger partial charge on any atom is 0.247 e. The monoisotopic (exact) mass is 194 g/mol. The highest BCUT2D eigenvalue weighted by Crippen LogP contribution is 2.26. The number of β-amino-alcohol motifs (C(OH)–C–C–N with tert-alkyl or cyclic N) is 1. The minimum atomic E-state index is -0.817. The van der Waals surface area contributed by atoms with Gasteiger partial charge in [-0.25, -0.2) is 0 Å². The largest absolute Gasteiger partial charge is 0.384 e. The van der Waals surface area contributed by atoms with Crippen LogP contribution in [0.2, 0.25) is 0 Å². The van der Waals surface area contributed by atoms with Gasteiger partial charge in [0.1, 0.15) is 5.60 Å². The predicted molar refractivity (Wildman–Crippen MR) is 53.1 cm³/mol. The molecule has 4 nitrogen and oxygen atoms in total. The summed E-state index contributed by atoms with van der Waals surface area (Å²) in [7, 11) is 0. The lowest BCUT2D eigenvalue weighted by molar-refractivity contribution is 0.0120. The maximum absolute atomic E-state index is 10.9. The van der Waals surface area contributed by atoms with E-state index in [1.54, 1.807) is 12.3 Å². The Kier molecular flexibility index (Phi) is 2.39. The molecule has 1 unspecified atom stereocenters. The molecular formula is C10H14N2O2. The summed E-state index contributed by atoms with van der Waals surface area (Å²) in [6, 6.07) is 3.13. The van der Waals surface area contributed by atoms with Crippen LogP contribution in [0.15, 0.2) is 23.1 Å². The Morgan fingerprint density at radius 3 is 2.86 bits per heavy atom. The minimum absolute atomic E-state index is 0.138. The zero-order valence-electron chi connectivity index (χ0n) is 7.92. The SMILES string of the molecule is O=c1ccc(C2(O)CCCNC2)c[nH]1. The molecule has 0 saturated carbocycles. The van der Waals surface area contributed by atoms with Crippen LogP contribution in [-0.4, -0.2) is 23.2 Å². The molecule has 1 aliphatic heterocycles. The summed E-state index contributed by atoms with van der Waals surface area (Å²) in [6.45, 7) is 1.50. The molecule has 0 aromatic carbocycles. The van der Waals surface area contributed by atoms with E-state index in [9.17, 15) is 9.90 Å². The minimum Gasteiger partial charge on any atom is -0.384 e. The molecule has 0 amide bonds. The molecule has 1 aromatic heterocycles. The number of hydrogen-bond acceptors (Lipinski definition) is 3. The number of rotatable bonds is 1. The number of aliphatic hydroxyl groups is 1. The fourth-order valence-corrected chi connectivity index (χ4v) is 1.84. The van der Waals surface area contributed by atoms with Gasteiger partial charge in [-0.3, -0.25) is 4.79 Å². The molecule has 2 rings (SSSR count). The number of pyridine rings is 1. The first kappa shape index (κ1) is 9.43. The second kappa shape index (κ2) is 3.55. The van der Waals surface area contributed by atoms with Crippen molar-refractivity contribution in [1.82, 2.24) is 10.3 Å². The Balaban J connectivity index is 2.28. The van der Waals surface area contributed by atoms with Gasteiger partial charge in [0, 0.05) is 24.4 Å². The third kappa shape index (κ3) is 1.71. The molecule has 0 bridgehead atoms. The van der Waals surface area contributed by atoms with Crippen LogP contribution in [0.4, 0.5) is 0 Å². The quantitative estimate of drug-likeness (QED) is 0.587. The molecular weight excluding hydrogens is 180 g/mol. The van der Waals surface area contributed by atoms with Crippen LogP contribution in [-0.2, 0) is 5.60 Å². The Labute approximate surface area is 82.0 Å². The molecule has 3 N–H and O–H groups in total. The van der Waals surface area contributed by atoms with Crippen molar-refractivity contribution >= 4 is 0 Å². The average Bonchev–Trinajstić information content (AvgIpc) is 2.19. The van der Waals surface area contributed by atoms with Crippen LogP contribution < -0.4 is 10.9 Å². The summed E-state index contributed by atoms with van der Waals surface area (Å²) in [5.74, 6) is 0. The van der Waals surface area contributed by atoms with Crippen LogP contribution in [0, 0.1) is 0 Å². The van der Waals surface area contributed by atoms with Gasteiger partial charge in [0.05, 0.1) is 0 Å². The van der Waals surface area contributed by atoms with E-state index < -0.39 is 5.60 Å². The summed E-state index contributed by atoms with van der Waals surface area (Å²) in [6.07, 6.45) is 3.29.